The predicted octanol–water partition coefficient (Wildman–Crippen LogP) is 3.31. The van der Waals surface area contributed by atoms with Gasteiger partial charge in [-0.25, -0.2) is 0 Å². The molecule has 0 atom stereocenters. The lowest BCUT2D eigenvalue weighted by Gasteiger charge is -2.01. The average molecular weight is 222 g/mol. The normalized spacial score (nSPS) is 9.88. The summed E-state index contributed by atoms with van der Waals surface area (Å²) in [7, 11) is 1.00. The summed E-state index contributed by atoms with van der Waals surface area (Å²) < 4.78 is 0. The molecule has 0 bridgehead atoms. The summed E-state index contributed by atoms with van der Waals surface area (Å²) >= 11 is 0. The number of carbonyl (C=O) groups is 1. The molecule has 2 nitrogen and oxygen atoms in total. The molecule has 0 heterocycles. The number of aliphatic hydroxyl groups excluding tert-OH is 1. The van der Waals surface area contributed by atoms with Gasteiger partial charge in [-0.05, 0) is 30.6 Å². The minimum atomic E-state index is 0.793. The lowest BCUT2D eigenvalue weighted by molar-refractivity contribution is -0.104. The average Bonchev–Trinajstić information content (AvgIpc) is 2.42. The fourth-order valence-corrected chi connectivity index (χ4v) is 1.00. The number of carbonyl (C=O) groups excluding carboxylic acids is 1. The Balaban J connectivity index is 0. The first kappa shape index (κ1) is 17.0. The molecule has 0 aromatic heterocycles. The maximum absolute atomic E-state index is 10.5. The van der Waals surface area contributed by atoms with Crippen molar-refractivity contribution in [3.63, 3.8) is 0 Å². The predicted molar refractivity (Wildman–Crippen MR) is 70.3 cm³/mol. The second-order valence-electron chi connectivity index (χ2n) is 2.79. The summed E-state index contributed by atoms with van der Waals surface area (Å²) in [6.07, 6.45) is 0.891. The molecular weight excluding hydrogens is 200 g/mol. The van der Waals surface area contributed by atoms with Crippen LogP contribution in [0, 0.1) is 0 Å². The van der Waals surface area contributed by atoms with E-state index < -0.39 is 0 Å². The number of rotatable bonds is 2. The van der Waals surface area contributed by atoms with Gasteiger partial charge in [-0.1, -0.05) is 44.2 Å². The Morgan fingerprint density at radius 2 is 1.50 bits per heavy atom. The van der Waals surface area contributed by atoms with Crippen molar-refractivity contribution < 1.29 is 9.90 Å². The van der Waals surface area contributed by atoms with E-state index in [2.05, 4.69) is 0 Å². The van der Waals surface area contributed by atoms with Crippen LogP contribution in [0.2, 0.25) is 0 Å². The van der Waals surface area contributed by atoms with Gasteiger partial charge in [0.05, 0.1) is 0 Å². The van der Waals surface area contributed by atoms with Crippen LogP contribution in [0.5, 0.6) is 0 Å². The maximum atomic E-state index is 10.5. The molecule has 0 amide bonds. The van der Waals surface area contributed by atoms with Gasteiger partial charge < -0.3 is 5.11 Å². The van der Waals surface area contributed by atoms with Crippen LogP contribution in [0.3, 0.4) is 0 Å². The van der Waals surface area contributed by atoms with Crippen LogP contribution in [0.4, 0.5) is 0 Å². The van der Waals surface area contributed by atoms with E-state index in [1.54, 1.807) is 0 Å². The Labute approximate surface area is 98.6 Å². The molecule has 1 aromatic carbocycles. The molecule has 0 saturated heterocycles. The van der Waals surface area contributed by atoms with Crippen molar-refractivity contribution >= 4 is 11.9 Å². The number of allylic oxidation sites excluding steroid dienone is 2. The number of hydrogen-bond donors (Lipinski definition) is 1. The van der Waals surface area contributed by atoms with E-state index in [9.17, 15) is 4.79 Å². The van der Waals surface area contributed by atoms with E-state index in [4.69, 9.17) is 5.11 Å². The van der Waals surface area contributed by atoms with Crippen LogP contribution in [0.15, 0.2) is 35.9 Å². The minimum Gasteiger partial charge on any atom is -0.400 e. The van der Waals surface area contributed by atoms with Crippen LogP contribution >= 0.6 is 0 Å². The Morgan fingerprint density at radius 3 is 1.88 bits per heavy atom. The van der Waals surface area contributed by atoms with Gasteiger partial charge in [-0.2, -0.15) is 0 Å². The molecule has 0 aliphatic heterocycles. The highest BCUT2D eigenvalue weighted by Gasteiger charge is 1.97. The van der Waals surface area contributed by atoms with Crippen molar-refractivity contribution in [3.05, 3.63) is 41.5 Å². The molecule has 0 radical (unpaired) electrons. The number of benzene rings is 1. The summed E-state index contributed by atoms with van der Waals surface area (Å²) in [6, 6.07) is 9.91. The molecule has 0 unspecified atom stereocenters. The van der Waals surface area contributed by atoms with Crippen molar-refractivity contribution in [1.29, 1.82) is 0 Å². The zero-order valence-corrected chi connectivity index (χ0v) is 10.8. The molecule has 0 saturated carbocycles. The standard InChI is InChI=1S/C11H12O.C2H6.CH4O/c1-9(8-12)10(2)11-6-4-3-5-7-11;2*1-2/h3-8H,1-2H3;1-2H3;2H,1H3/b10-9+;;. The molecule has 0 aliphatic rings. The zero-order chi connectivity index (χ0) is 13.0. The van der Waals surface area contributed by atoms with Crippen molar-refractivity contribution in [3.8, 4) is 0 Å². The van der Waals surface area contributed by atoms with Gasteiger partial charge in [0, 0.05) is 7.11 Å². The Hall–Kier alpha value is -1.41. The third-order valence-corrected chi connectivity index (χ3v) is 1.98. The van der Waals surface area contributed by atoms with Gasteiger partial charge in [0.2, 0.25) is 0 Å². The molecule has 2 heteroatoms. The van der Waals surface area contributed by atoms with E-state index in [0.717, 1.165) is 30.1 Å². The molecular formula is C14H22O2. The lowest BCUT2D eigenvalue weighted by Crippen LogP contribution is -1.85. The molecule has 0 spiro atoms. The molecule has 0 fully saturated rings. The third kappa shape index (κ3) is 6.14. The third-order valence-electron chi connectivity index (χ3n) is 1.98. The smallest absolute Gasteiger partial charge is 0.146 e. The van der Waals surface area contributed by atoms with Crippen molar-refractivity contribution in [1.82, 2.24) is 0 Å². The molecule has 1 aromatic rings. The van der Waals surface area contributed by atoms with Crippen LogP contribution in [0.1, 0.15) is 33.3 Å². The monoisotopic (exact) mass is 222 g/mol. The zero-order valence-electron chi connectivity index (χ0n) is 10.8. The van der Waals surface area contributed by atoms with Crippen LogP contribution < -0.4 is 0 Å². The van der Waals surface area contributed by atoms with Crippen LogP contribution in [-0.2, 0) is 4.79 Å². The largest absolute Gasteiger partial charge is 0.400 e. The quantitative estimate of drug-likeness (QED) is 0.615. The maximum Gasteiger partial charge on any atom is 0.146 e. The fraction of sp³-hybridized carbons (Fsp3) is 0.357. The first-order valence-corrected chi connectivity index (χ1v) is 5.38. The summed E-state index contributed by atoms with van der Waals surface area (Å²) in [6.45, 7) is 7.79. The molecule has 16 heavy (non-hydrogen) atoms. The van der Waals surface area contributed by atoms with Gasteiger partial charge >= 0.3 is 0 Å². The topological polar surface area (TPSA) is 37.3 Å². The second-order valence-corrected chi connectivity index (χ2v) is 2.79. The van der Waals surface area contributed by atoms with E-state index >= 15 is 0 Å². The number of aldehydes is 1. The molecule has 1 N–H and O–H groups in total. The van der Waals surface area contributed by atoms with Gasteiger partial charge in [-0.15, -0.1) is 0 Å². The molecule has 90 valence electrons. The summed E-state index contributed by atoms with van der Waals surface area (Å²) in [5.74, 6) is 0. The molecule has 0 aliphatic carbocycles. The van der Waals surface area contributed by atoms with Gasteiger partial charge in [0.15, 0.2) is 0 Å². The highest BCUT2D eigenvalue weighted by Crippen LogP contribution is 2.15. The van der Waals surface area contributed by atoms with Crippen molar-refractivity contribution in [2.75, 3.05) is 7.11 Å². The highest BCUT2D eigenvalue weighted by molar-refractivity contribution is 5.86. The SMILES string of the molecule is C/C(C=O)=C(/C)c1ccccc1.CC.CO. The first-order chi connectivity index (χ1) is 7.75. The second kappa shape index (κ2) is 11.7. The van der Waals surface area contributed by atoms with E-state index in [0.29, 0.717) is 0 Å². The fourth-order valence-electron chi connectivity index (χ4n) is 1.00. The van der Waals surface area contributed by atoms with E-state index in [-0.39, 0.29) is 0 Å². The van der Waals surface area contributed by atoms with E-state index in [1.165, 1.54) is 0 Å². The van der Waals surface area contributed by atoms with Crippen LogP contribution in [0.25, 0.3) is 5.57 Å². The van der Waals surface area contributed by atoms with Gasteiger partial charge in [0.1, 0.15) is 6.29 Å². The van der Waals surface area contributed by atoms with Crippen LogP contribution in [-0.4, -0.2) is 18.5 Å². The lowest BCUT2D eigenvalue weighted by atomic mass is 10.0. The van der Waals surface area contributed by atoms with Crippen molar-refractivity contribution in [2.24, 2.45) is 0 Å². The summed E-state index contributed by atoms with van der Waals surface area (Å²) in [5, 5.41) is 7.00. The summed E-state index contributed by atoms with van der Waals surface area (Å²) in [4.78, 5) is 10.5. The van der Waals surface area contributed by atoms with E-state index in [1.807, 2.05) is 58.0 Å². The van der Waals surface area contributed by atoms with Gasteiger partial charge in [-0.3, -0.25) is 4.79 Å². The Bertz CT molecular complexity index is 300. The van der Waals surface area contributed by atoms with Gasteiger partial charge in [0.25, 0.3) is 0 Å². The Kier molecular flexibility index (Phi) is 12.4. The first-order valence-electron chi connectivity index (χ1n) is 5.38. The summed E-state index contributed by atoms with van der Waals surface area (Å²) in [5.41, 5.74) is 2.95. The number of aliphatic hydroxyl groups is 1. The minimum absolute atomic E-state index is 0.793. The highest BCUT2D eigenvalue weighted by atomic mass is 16.2. The Morgan fingerprint density at radius 1 is 1.06 bits per heavy atom. The number of hydrogen-bond acceptors (Lipinski definition) is 2. The van der Waals surface area contributed by atoms with Crippen molar-refractivity contribution in [2.45, 2.75) is 27.7 Å². The molecule has 1 rings (SSSR count).